The van der Waals surface area contributed by atoms with Crippen LogP contribution in [-0.2, 0) is 0 Å². The largest absolute Gasteiger partial charge is 0.319 e. The average molecular weight is 298 g/mol. The summed E-state index contributed by atoms with van der Waals surface area (Å²) in [6.07, 6.45) is 2.95. The summed E-state index contributed by atoms with van der Waals surface area (Å²) in [5.41, 5.74) is -0.337. The standard InChI is InChI=1S/C18H19FN2O/c1-16-11-21(15(22)12-3-5-14(19)6-4-12)18(10-20)9-13(16)7-8-17(16,18)2/h3-6,13H,7-9,11H2,1-2H3. The number of halogens is 1. The topological polar surface area (TPSA) is 44.1 Å². The molecule has 0 spiro atoms. The number of nitriles is 1. The van der Waals surface area contributed by atoms with E-state index in [1.807, 2.05) is 0 Å². The Bertz CT molecular complexity index is 709. The quantitative estimate of drug-likeness (QED) is 0.798. The predicted octanol–water partition coefficient (Wildman–Crippen LogP) is 3.37. The van der Waals surface area contributed by atoms with Gasteiger partial charge in [0, 0.05) is 17.5 Å². The van der Waals surface area contributed by atoms with Crippen LogP contribution in [0.25, 0.3) is 0 Å². The first-order valence-electron chi connectivity index (χ1n) is 7.87. The average Bonchev–Trinajstić information content (AvgIpc) is 2.96. The van der Waals surface area contributed by atoms with Crippen molar-refractivity contribution in [1.29, 1.82) is 5.26 Å². The Balaban J connectivity index is 1.78. The summed E-state index contributed by atoms with van der Waals surface area (Å²) in [5, 5.41) is 9.95. The summed E-state index contributed by atoms with van der Waals surface area (Å²) in [7, 11) is 0. The van der Waals surface area contributed by atoms with Crippen molar-refractivity contribution in [2.75, 3.05) is 6.54 Å². The van der Waals surface area contributed by atoms with E-state index in [0.29, 0.717) is 18.0 Å². The van der Waals surface area contributed by atoms with Crippen molar-refractivity contribution in [2.24, 2.45) is 16.7 Å². The molecule has 4 unspecified atom stereocenters. The van der Waals surface area contributed by atoms with E-state index in [1.165, 1.54) is 24.3 Å². The molecule has 3 fully saturated rings. The first-order valence-corrected chi connectivity index (χ1v) is 7.87. The molecule has 2 saturated carbocycles. The third-order valence-corrected chi connectivity index (χ3v) is 7.08. The molecular formula is C18H19FN2O. The van der Waals surface area contributed by atoms with Gasteiger partial charge in [-0.2, -0.15) is 5.26 Å². The second-order valence-electron chi connectivity index (χ2n) is 7.56. The smallest absolute Gasteiger partial charge is 0.255 e. The van der Waals surface area contributed by atoms with E-state index >= 15 is 0 Å². The zero-order valence-corrected chi connectivity index (χ0v) is 12.9. The van der Waals surface area contributed by atoms with Crippen molar-refractivity contribution in [3.05, 3.63) is 35.6 Å². The number of likely N-dealkylation sites (tertiary alicyclic amines) is 1. The molecule has 4 rings (SSSR count). The molecule has 3 aliphatic rings. The number of piperidine rings is 1. The van der Waals surface area contributed by atoms with Gasteiger partial charge in [0.15, 0.2) is 0 Å². The lowest BCUT2D eigenvalue weighted by molar-refractivity contribution is 0.0430. The van der Waals surface area contributed by atoms with Crippen molar-refractivity contribution in [3.8, 4) is 6.07 Å². The van der Waals surface area contributed by atoms with Crippen molar-refractivity contribution < 1.29 is 9.18 Å². The molecule has 1 aliphatic heterocycles. The van der Waals surface area contributed by atoms with Gasteiger partial charge in [0.1, 0.15) is 11.4 Å². The first-order chi connectivity index (χ1) is 10.4. The van der Waals surface area contributed by atoms with Crippen LogP contribution in [0.2, 0.25) is 0 Å². The van der Waals surface area contributed by atoms with Gasteiger partial charge in [-0.05, 0) is 54.9 Å². The third-order valence-electron chi connectivity index (χ3n) is 7.08. The Morgan fingerprint density at radius 3 is 2.64 bits per heavy atom. The van der Waals surface area contributed by atoms with Crippen molar-refractivity contribution >= 4 is 5.91 Å². The monoisotopic (exact) mass is 298 g/mol. The number of carbonyl (C=O) groups excluding carboxylic acids is 1. The highest BCUT2D eigenvalue weighted by molar-refractivity contribution is 5.95. The summed E-state index contributed by atoms with van der Waals surface area (Å²) in [5.74, 6) is 0.0405. The number of rotatable bonds is 1. The van der Waals surface area contributed by atoms with Gasteiger partial charge in [0.05, 0.1) is 6.07 Å². The van der Waals surface area contributed by atoms with Crippen LogP contribution in [0.5, 0.6) is 0 Å². The zero-order chi connectivity index (χ0) is 15.8. The van der Waals surface area contributed by atoms with Gasteiger partial charge in [0.25, 0.3) is 5.91 Å². The number of hydrogen-bond donors (Lipinski definition) is 0. The summed E-state index contributed by atoms with van der Waals surface area (Å²) in [4.78, 5) is 14.7. The molecule has 2 aliphatic carbocycles. The van der Waals surface area contributed by atoms with Crippen LogP contribution in [0.15, 0.2) is 24.3 Å². The molecule has 1 aromatic carbocycles. The fourth-order valence-electron chi connectivity index (χ4n) is 5.50. The lowest BCUT2D eigenvalue weighted by Crippen LogP contribution is -2.54. The van der Waals surface area contributed by atoms with Crippen molar-refractivity contribution in [2.45, 2.75) is 38.6 Å². The molecule has 4 bridgehead atoms. The Labute approximate surface area is 129 Å². The fraction of sp³-hybridized carbons (Fsp3) is 0.556. The van der Waals surface area contributed by atoms with Gasteiger partial charge >= 0.3 is 0 Å². The summed E-state index contributed by atoms with van der Waals surface area (Å²) < 4.78 is 13.1. The lowest BCUT2D eigenvalue weighted by Gasteiger charge is -2.43. The fourth-order valence-corrected chi connectivity index (χ4v) is 5.50. The second-order valence-corrected chi connectivity index (χ2v) is 7.56. The van der Waals surface area contributed by atoms with Crippen molar-refractivity contribution in [1.82, 2.24) is 4.90 Å². The molecule has 1 heterocycles. The maximum absolute atomic E-state index is 13.1. The van der Waals surface area contributed by atoms with Gasteiger partial charge in [-0.25, -0.2) is 4.39 Å². The number of carbonyl (C=O) groups is 1. The van der Waals surface area contributed by atoms with Crippen LogP contribution >= 0.6 is 0 Å². The molecule has 4 atom stereocenters. The highest BCUT2D eigenvalue weighted by Crippen LogP contribution is 2.75. The molecular weight excluding hydrogens is 279 g/mol. The molecule has 22 heavy (non-hydrogen) atoms. The molecule has 0 radical (unpaired) electrons. The van der Waals surface area contributed by atoms with Crippen LogP contribution in [0, 0.1) is 33.9 Å². The molecule has 4 heteroatoms. The maximum Gasteiger partial charge on any atom is 0.255 e. The van der Waals surface area contributed by atoms with E-state index in [2.05, 4.69) is 19.9 Å². The minimum absolute atomic E-state index is 0.0262. The van der Waals surface area contributed by atoms with Crippen molar-refractivity contribution in [3.63, 3.8) is 0 Å². The van der Waals surface area contributed by atoms with Crippen LogP contribution in [0.3, 0.4) is 0 Å². The Kier molecular flexibility index (Phi) is 2.44. The Morgan fingerprint density at radius 2 is 2.05 bits per heavy atom. The van der Waals surface area contributed by atoms with Gasteiger partial charge in [0.2, 0.25) is 0 Å². The van der Waals surface area contributed by atoms with Crippen LogP contribution in [-0.4, -0.2) is 22.9 Å². The van der Waals surface area contributed by atoms with Gasteiger partial charge < -0.3 is 4.90 Å². The molecule has 114 valence electrons. The molecule has 1 aromatic rings. The summed E-state index contributed by atoms with van der Waals surface area (Å²) in [6.45, 7) is 5.06. The Hall–Kier alpha value is -1.89. The summed E-state index contributed by atoms with van der Waals surface area (Å²) in [6, 6.07) is 8.14. The van der Waals surface area contributed by atoms with Crippen LogP contribution in [0.1, 0.15) is 43.5 Å². The van der Waals surface area contributed by atoms with Crippen LogP contribution in [0.4, 0.5) is 4.39 Å². The molecule has 1 saturated heterocycles. The number of benzene rings is 1. The molecule has 1 amide bonds. The lowest BCUT2D eigenvalue weighted by atomic mass is 9.66. The second kappa shape index (κ2) is 3.90. The summed E-state index contributed by atoms with van der Waals surface area (Å²) >= 11 is 0. The SMILES string of the molecule is CC12CN(C(=O)c3ccc(F)cc3)C3(C#N)CC1CCC23C. The first kappa shape index (κ1) is 13.8. The van der Waals surface area contributed by atoms with E-state index in [-0.39, 0.29) is 22.6 Å². The van der Waals surface area contributed by atoms with E-state index in [0.717, 1.165) is 19.3 Å². The highest BCUT2D eigenvalue weighted by Gasteiger charge is 2.78. The predicted molar refractivity (Wildman–Crippen MR) is 79.3 cm³/mol. The van der Waals surface area contributed by atoms with Gasteiger partial charge in [-0.3, -0.25) is 4.79 Å². The van der Waals surface area contributed by atoms with E-state index < -0.39 is 5.54 Å². The number of nitrogens with zero attached hydrogens (tertiary/aromatic N) is 2. The van der Waals surface area contributed by atoms with E-state index in [9.17, 15) is 14.4 Å². The maximum atomic E-state index is 13.1. The zero-order valence-electron chi connectivity index (χ0n) is 12.9. The highest BCUT2D eigenvalue weighted by atomic mass is 19.1. The van der Waals surface area contributed by atoms with Crippen LogP contribution < -0.4 is 0 Å². The molecule has 3 nitrogen and oxygen atoms in total. The third kappa shape index (κ3) is 1.25. The molecule has 0 N–H and O–H groups in total. The minimum Gasteiger partial charge on any atom is -0.319 e. The van der Waals surface area contributed by atoms with Gasteiger partial charge in [-0.1, -0.05) is 13.8 Å². The van der Waals surface area contributed by atoms with E-state index in [4.69, 9.17) is 0 Å². The number of hydrogen-bond acceptors (Lipinski definition) is 2. The number of amides is 1. The normalized spacial score (nSPS) is 41.7. The Morgan fingerprint density at radius 1 is 1.36 bits per heavy atom. The van der Waals surface area contributed by atoms with Gasteiger partial charge in [-0.15, -0.1) is 0 Å². The molecule has 0 aromatic heterocycles. The minimum atomic E-state index is -0.698. The van der Waals surface area contributed by atoms with E-state index in [1.54, 1.807) is 4.90 Å².